The Balaban J connectivity index is 1.78. The first-order valence-corrected chi connectivity index (χ1v) is 8.89. The molecule has 1 aliphatic carbocycles. The molecule has 1 aliphatic rings. The number of hydrogen-bond donors (Lipinski definition) is 2. The lowest BCUT2D eigenvalue weighted by Gasteiger charge is -2.04. The minimum atomic E-state index is -3.49. The topological polar surface area (TPSA) is 71.3 Å². The maximum atomic E-state index is 12.0. The van der Waals surface area contributed by atoms with Crippen LogP contribution in [0.4, 0.5) is 0 Å². The molecule has 0 aromatic carbocycles. The van der Waals surface area contributed by atoms with Crippen LogP contribution < -0.4 is 10.0 Å². The molecule has 1 aromatic heterocycles. The molecule has 0 atom stereocenters. The third-order valence-electron chi connectivity index (χ3n) is 3.41. The van der Waals surface area contributed by atoms with Gasteiger partial charge >= 0.3 is 0 Å². The minimum Gasteiger partial charge on any atom is -0.447 e. The third-order valence-corrected chi connectivity index (χ3v) is 4.74. The van der Waals surface area contributed by atoms with Crippen LogP contribution in [0.15, 0.2) is 21.6 Å². The van der Waals surface area contributed by atoms with Gasteiger partial charge in [-0.3, -0.25) is 0 Å². The van der Waals surface area contributed by atoms with Crippen LogP contribution in [0.5, 0.6) is 0 Å². The van der Waals surface area contributed by atoms with E-state index in [9.17, 15) is 8.42 Å². The van der Waals surface area contributed by atoms with Crippen molar-refractivity contribution in [2.75, 3.05) is 13.1 Å². The number of nitrogens with one attached hydrogen (secondary N) is 2. The zero-order valence-electron chi connectivity index (χ0n) is 12.0. The normalized spacial score (nSPS) is 15.7. The van der Waals surface area contributed by atoms with Gasteiger partial charge in [0.1, 0.15) is 5.76 Å². The molecule has 0 amide bonds. The Labute approximate surface area is 121 Å². The van der Waals surface area contributed by atoms with E-state index < -0.39 is 10.0 Å². The summed E-state index contributed by atoms with van der Waals surface area (Å²) in [5.41, 5.74) is 0. The average Bonchev–Trinajstić information content (AvgIpc) is 3.11. The van der Waals surface area contributed by atoms with E-state index in [2.05, 4.69) is 17.0 Å². The standard InChI is InChI=1S/C14H24N2O3S/c1-2-9-15-11-13-7-8-14(19-13)20(17,18)16-10-3-4-12-5-6-12/h7-8,12,15-16H,2-6,9-11H2,1H3. The third kappa shape index (κ3) is 4.92. The van der Waals surface area contributed by atoms with Gasteiger partial charge < -0.3 is 9.73 Å². The molecule has 0 saturated heterocycles. The monoisotopic (exact) mass is 300 g/mol. The van der Waals surface area contributed by atoms with Crippen molar-refractivity contribution in [2.24, 2.45) is 5.92 Å². The highest BCUT2D eigenvalue weighted by Gasteiger charge is 2.22. The Bertz CT molecular complexity index is 506. The summed E-state index contributed by atoms with van der Waals surface area (Å²) in [5.74, 6) is 1.48. The summed E-state index contributed by atoms with van der Waals surface area (Å²) in [4.78, 5) is 0. The molecule has 0 unspecified atom stereocenters. The number of furan rings is 1. The van der Waals surface area contributed by atoms with Crippen molar-refractivity contribution in [3.05, 3.63) is 17.9 Å². The van der Waals surface area contributed by atoms with Gasteiger partial charge in [-0.15, -0.1) is 0 Å². The van der Waals surface area contributed by atoms with Crippen LogP contribution in [0.2, 0.25) is 0 Å². The lowest BCUT2D eigenvalue weighted by atomic mass is 10.2. The molecule has 5 nitrogen and oxygen atoms in total. The Morgan fingerprint density at radius 1 is 1.30 bits per heavy atom. The predicted molar refractivity (Wildman–Crippen MR) is 77.9 cm³/mol. The second kappa shape index (κ2) is 7.24. The van der Waals surface area contributed by atoms with Crippen molar-refractivity contribution in [3.63, 3.8) is 0 Å². The van der Waals surface area contributed by atoms with Crippen LogP contribution in [-0.2, 0) is 16.6 Å². The second-order valence-corrected chi connectivity index (χ2v) is 7.08. The Hall–Kier alpha value is -0.850. The Morgan fingerprint density at radius 2 is 2.10 bits per heavy atom. The van der Waals surface area contributed by atoms with Gasteiger partial charge in [0, 0.05) is 6.54 Å². The lowest BCUT2D eigenvalue weighted by Crippen LogP contribution is -2.24. The Kier molecular flexibility index (Phi) is 5.63. The van der Waals surface area contributed by atoms with Gasteiger partial charge in [0.05, 0.1) is 6.54 Å². The summed E-state index contributed by atoms with van der Waals surface area (Å²) in [5, 5.41) is 3.19. The smallest absolute Gasteiger partial charge is 0.273 e. The first kappa shape index (κ1) is 15.5. The van der Waals surface area contributed by atoms with Gasteiger partial charge in [0.15, 0.2) is 0 Å². The quantitative estimate of drug-likeness (QED) is 0.650. The van der Waals surface area contributed by atoms with E-state index >= 15 is 0 Å². The fourth-order valence-corrected chi connectivity index (χ4v) is 3.08. The minimum absolute atomic E-state index is 0.0113. The molecule has 2 rings (SSSR count). The van der Waals surface area contributed by atoms with Gasteiger partial charge in [-0.1, -0.05) is 19.8 Å². The van der Waals surface area contributed by atoms with E-state index in [1.165, 1.54) is 18.9 Å². The van der Waals surface area contributed by atoms with Crippen LogP contribution in [0.1, 0.15) is 44.8 Å². The molecule has 6 heteroatoms. The van der Waals surface area contributed by atoms with Crippen molar-refractivity contribution in [1.29, 1.82) is 0 Å². The van der Waals surface area contributed by atoms with Crippen molar-refractivity contribution in [3.8, 4) is 0 Å². The molecule has 0 bridgehead atoms. The second-order valence-electron chi connectivity index (χ2n) is 5.38. The van der Waals surface area contributed by atoms with E-state index in [0.29, 0.717) is 18.8 Å². The van der Waals surface area contributed by atoms with Gasteiger partial charge in [-0.05, 0) is 43.9 Å². The molecule has 0 aliphatic heterocycles. The molecular formula is C14H24N2O3S. The fourth-order valence-electron chi connectivity index (χ4n) is 2.06. The largest absolute Gasteiger partial charge is 0.447 e. The molecule has 1 fully saturated rings. The van der Waals surface area contributed by atoms with E-state index in [0.717, 1.165) is 31.7 Å². The van der Waals surface area contributed by atoms with Crippen LogP contribution >= 0.6 is 0 Å². The van der Waals surface area contributed by atoms with Gasteiger partial charge in [0.25, 0.3) is 10.0 Å². The molecular weight excluding hydrogens is 276 g/mol. The van der Waals surface area contributed by atoms with E-state index in [1.807, 2.05) is 0 Å². The van der Waals surface area contributed by atoms with Gasteiger partial charge in [0.2, 0.25) is 5.09 Å². The number of rotatable bonds is 10. The average molecular weight is 300 g/mol. The van der Waals surface area contributed by atoms with Crippen LogP contribution in [-0.4, -0.2) is 21.5 Å². The molecule has 1 aromatic rings. The Morgan fingerprint density at radius 3 is 2.80 bits per heavy atom. The maximum Gasteiger partial charge on any atom is 0.273 e. The summed E-state index contributed by atoms with van der Waals surface area (Å²) >= 11 is 0. The summed E-state index contributed by atoms with van der Waals surface area (Å²) in [6.07, 6.45) is 5.66. The van der Waals surface area contributed by atoms with Crippen molar-refractivity contribution in [1.82, 2.24) is 10.0 Å². The van der Waals surface area contributed by atoms with Crippen LogP contribution in [0.3, 0.4) is 0 Å². The van der Waals surface area contributed by atoms with Gasteiger partial charge in [-0.25, -0.2) is 13.1 Å². The highest BCUT2D eigenvalue weighted by atomic mass is 32.2. The fraction of sp³-hybridized carbons (Fsp3) is 0.714. The SMILES string of the molecule is CCCNCc1ccc(S(=O)(=O)NCCCC2CC2)o1. The zero-order chi connectivity index (χ0) is 14.4. The van der Waals surface area contributed by atoms with Crippen LogP contribution in [0, 0.1) is 5.92 Å². The first-order valence-electron chi connectivity index (χ1n) is 7.41. The highest BCUT2D eigenvalue weighted by Crippen LogP contribution is 2.33. The number of sulfonamides is 1. The van der Waals surface area contributed by atoms with Gasteiger partial charge in [-0.2, -0.15) is 0 Å². The molecule has 20 heavy (non-hydrogen) atoms. The van der Waals surface area contributed by atoms with Crippen molar-refractivity contribution in [2.45, 2.75) is 50.7 Å². The summed E-state index contributed by atoms with van der Waals surface area (Å²) in [6.45, 7) is 4.02. The molecule has 114 valence electrons. The predicted octanol–water partition coefficient (Wildman–Crippen LogP) is 2.25. The molecule has 1 saturated carbocycles. The van der Waals surface area contributed by atoms with Crippen LogP contribution in [0.25, 0.3) is 0 Å². The summed E-state index contributed by atoms with van der Waals surface area (Å²) in [6, 6.07) is 3.23. The maximum absolute atomic E-state index is 12.0. The van der Waals surface area contributed by atoms with E-state index in [-0.39, 0.29) is 5.09 Å². The van der Waals surface area contributed by atoms with Crippen molar-refractivity contribution < 1.29 is 12.8 Å². The lowest BCUT2D eigenvalue weighted by molar-refractivity contribution is 0.399. The summed E-state index contributed by atoms with van der Waals surface area (Å²) < 4.78 is 32.0. The molecule has 1 heterocycles. The van der Waals surface area contributed by atoms with E-state index in [1.54, 1.807) is 6.07 Å². The molecule has 2 N–H and O–H groups in total. The van der Waals surface area contributed by atoms with E-state index in [4.69, 9.17) is 4.42 Å². The highest BCUT2D eigenvalue weighted by molar-refractivity contribution is 7.89. The first-order chi connectivity index (χ1) is 9.62. The summed E-state index contributed by atoms with van der Waals surface area (Å²) in [7, 11) is -3.49. The zero-order valence-corrected chi connectivity index (χ0v) is 12.8. The van der Waals surface area contributed by atoms with Crippen molar-refractivity contribution >= 4 is 10.0 Å². The molecule has 0 spiro atoms. The number of hydrogen-bond acceptors (Lipinski definition) is 4. The molecule has 0 radical (unpaired) electrons.